The van der Waals surface area contributed by atoms with E-state index in [4.69, 9.17) is 5.11 Å². The molecule has 7 heavy (non-hydrogen) atoms. The molecular formula is C3H4O3S. The zero-order valence-corrected chi connectivity index (χ0v) is 4.27. The molecule has 3 nitrogen and oxygen atoms in total. The number of rotatable bonds is 1. The van der Waals surface area contributed by atoms with E-state index in [1.807, 2.05) is 0 Å². The van der Waals surface area contributed by atoms with Crippen molar-refractivity contribution in [1.29, 1.82) is 0 Å². The highest BCUT2D eigenvalue weighted by molar-refractivity contribution is 7.90. The molecule has 1 heterocycles. The Balaban J connectivity index is 2.43. The second-order valence-corrected chi connectivity index (χ2v) is 1.54. The molecule has 1 N–H and O–H groups in total. The van der Waals surface area contributed by atoms with Crippen molar-refractivity contribution in [3.8, 4) is 0 Å². The molecule has 40 valence electrons. The van der Waals surface area contributed by atoms with Gasteiger partial charge >= 0.3 is 5.97 Å². The highest BCUT2D eigenvalue weighted by atomic mass is 32.2. The largest absolute Gasteiger partial charge is 0.338 e. The van der Waals surface area contributed by atoms with Crippen LogP contribution < -0.4 is 0 Å². The molecule has 0 atom stereocenters. The van der Waals surface area contributed by atoms with E-state index in [0.717, 1.165) is 12.3 Å². The second kappa shape index (κ2) is 1.48. The van der Waals surface area contributed by atoms with Gasteiger partial charge in [0.1, 0.15) is 0 Å². The fraction of sp³-hybridized carbons (Fsp3) is 0.333. The molecule has 0 bridgehead atoms. The molecule has 1 fully saturated rings. The smallest absolute Gasteiger partial charge is 0.327 e. The van der Waals surface area contributed by atoms with Gasteiger partial charge in [0.05, 0.1) is 0 Å². The minimum Gasteiger partial charge on any atom is -0.338 e. The van der Waals surface area contributed by atoms with Gasteiger partial charge in [0.2, 0.25) is 0 Å². The van der Waals surface area contributed by atoms with Gasteiger partial charge in [0, 0.05) is 0 Å². The standard InChI is InChI=1S/C3H4O3S/c1-2-3(4)5-7-6-3/h2,4H,1H2. The normalized spacial score (nSPS) is 25.9. The first kappa shape index (κ1) is 5.11. The Bertz CT molecular complexity index is 88.2. The summed E-state index contributed by atoms with van der Waals surface area (Å²) >= 11 is 0.747. The van der Waals surface area contributed by atoms with Crippen molar-refractivity contribution >= 4 is 12.3 Å². The summed E-state index contributed by atoms with van der Waals surface area (Å²) in [6.07, 6.45) is 1.17. The summed E-state index contributed by atoms with van der Waals surface area (Å²) in [6, 6.07) is 0. The van der Waals surface area contributed by atoms with Crippen molar-refractivity contribution in [2.24, 2.45) is 0 Å². The Hall–Kier alpha value is -0.0300. The molecule has 0 saturated carbocycles. The Kier molecular flexibility index (Phi) is 1.08. The van der Waals surface area contributed by atoms with E-state index in [2.05, 4.69) is 14.9 Å². The average Bonchev–Trinajstić information content (AvgIpc) is 1.61. The summed E-state index contributed by atoms with van der Waals surface area (Å²) in [5.41, 5.74) is 0. The van der Waals surface area contributed by atoms with E-state index in [0.29, 0.717) is 0 Å². The van der Waals surface area contributed by atoms with E-state index in [1.165, 1.54) is 6.08 Å². The third kappa shape index (κ3) is 0.782. The van der Waals surface area contributed by atoms with Crippen LogP contribution in [0.3, 0.4) is 0 Å². The monoisotopic (exact) mass is 120 g/mol. The van der Waals surface area contributed by atoms with Gasteiger partial charge in [0.25, 0.3) is 0 Å². The third-order valence-corrected chi connectivity index (χ3v) is 1.18. The van der Waals surface area contributed by atoms with Crippen LogP contribution in [0.2, 0.25) is 0 Å². The lowest BCUT2D eigenvalue weighted by Crippen LogP contribution is -2.35. The van der Waals surface area contributed by atoms with Gasteiger partial charge in [-0.15, -0.1) is 0 Å². The third-order valence-electron chi connectivity index (χ3n) is 0.565. The second-order valence-electron chi connectivity index (χ2n) is 1.07. The van der Waals surface area contributed by atoms with Gasteiger partial charge in [-0.25, -0.2) is 8.37 Å². The first-order valence-corrected chi connectivity index (χ1v) is 2.33. The van der Waals surface area contributed by atoms with Crippen LogP contribution in [0.4, 0.5) is 0 Å². The van der Waals surface area contributed by atoms with Gasteiger partial charge in [-0.1, -0.05) is 6.58 Å². The Labute approximate surface area is 45.3 Å². The van der Waals surface area contributed by atoms with E-state index in [1.54, 1.807) is 0 Å². The lowest BCUT2D eigenvalue weighted by atomic mass is 10.6. The van der Waals surface area contributed by atoms with Crippen molar-refractivity contribution in [3.05, 3.63) is 12.7 Å². The summed E-state index contributed by atoms with van der Waals surface area (Å²) in [7, 11) is 0. The van der Waals surface area contributed by atoms with E-state index < -0.39 is 5.97 Å². The minimum atomic E-state index is -1.51. The molecule has 1 saturated heterocycles. The first-order chi connectivity index (χ1) is 3.27. The van der Waals surface area contributed by atoms with Crippen LogP contribution in [0, 0.1) is 0 Å². The van der Waals surface area contributed by atoms with Crippen LogP contribution in [0.25, 0.3) is 0 Å². The quantitative estimate of drug-likeness (QED) is 0.402. The van der Waals surface area contributed by atoms with Crippen molar-refractivity contribution in [2.75, 3.05) is 0 Å². The molecule has 0 amide bonds. The molecule has 1 aliphatic rings. The number of hydrogen-bond donors (Lipinski definition) is 1. The molecule has 1 rings (SSSR count). The summed E-state index contributed by atoms with van der Waals surface area (Å²) < 4.78 is 8.80. The van der Waals surface area contributed by atoms with Crippen LogP contribution >= 0.6 is 12.3 Å². The summed E-state index contributed by atoms with van der Waals surface area (Å²) in [5.74, 6) is -1.51. The van der Waals surface area contributed by atoms with Crippen LogP contribution in [0.5, 0.6) is 0 Å². The topological polar surface area (TPSA) is 38.7 Å². The molecule has 0 aromatic carbocycles. The Morgan fingerprint density at radius 2 is 2.29 bits per heavy atom. The summed E-state index contributed by atoms with van der Waals surface area (Å²) in [6.45, 7) is 3.24. The molecule has 4 heteroatoms. The van der Waals surface area contributed by atoms with Crippen molar-refractivity contribution in [3.63, 3.8) is 0 Å². The van der Waals surface area contributed by atoms with Gasteiger partial charge < -0.3 is 5.11 Å². The Morgan fingerprint density at radius 3 is 2.29 bits per heavy atom. The van der Waals surface area contributed by atoms with Crippen LogP contribution in [0.15, 0.2) is 12.7 Å². The zero-order chi connectivity index (χ0) is 5.33. The minimum absolute atomic E-state index is 0.747. The lowest BCUT2D eigenvalue weighted by Gasteiger charge is -2.28. The predicted molar refractivity (Wildman–Crippen MR) is 24.9 cm³/mol. The van der Waals surface area contributed by atoms with Crippen molar-refractivity contribution < 1.29 is 13.5 Å². The lowest BCUT2D eigenvalue weighted by molar-refractivity contribution is -0.269. The van der Waals surface area contributed by atoms with Crippen molar-refractivity contribution in [2.45, 2.75) is 5.97 Å². The fourth-order valence-electron chi connectivity index (χ4n) is 0.172. The van der Waals surface area contributed by atoms with Crippen molar-refractivity contribution in [1.82, 2.24) is 0 Å². The van der Waals surface area contributed by atoms with E-state index in [9.17, 15) is 0 Å². The maximum absolute atomic E-state index is 8.64. The van der Waals surface area contributed by atoms with Crippen LogP contribution in [0.1, 0.15) is 0 Å². The molecule has 0 aromatic rings. The van der Waals surface area contributed by atoms with E-state index in [-0.39, 0.29) is 0 Å². The maximum atomic E-state index is 8.64. The highest BCUT2D eigenvalue weighted by Gasteiger charge is 2.36. The van der Waals surface area contributed by atoms with E-state index >= 15 is 0 Å². The highest BCUT2D eigenvalue weighted by Crippen LogP contribution is 2.34. The fourth-order valence-corrected chi connectivity index (χ4v) is 0.515. The summed E-state index contributed by atoms with van der Waals surface area (Å²) in [5, 5.41) is 8.64. The number of hydrogen-bond acceptors (Lipinski definition) is 4. The molecule has 0 unspecified atom stereocenters. The maximum Gasteiger partial charge on any atom is 0.327 e. The molecule has 1 aliphatic heterocycles. The summed E-state index contributed by atoms with van der Waals surface area (Å²) in [4.78, 5) is 0. The average molecular weight is 120 g/mol. The van der Waals surface area contributed by atoms with Gasteiger partial charge in [-0.2, -0.15) is 0 Å². The zero-order valence-electron chi connectivity index (χ0n) is 3.46. The SMILES string of the molecule is C=CC1(O)OSO1. The van der Waals surface area contributed by atoms with Gasteiger partial charge in [-0.05, 0) is 6.08 Å². The molecule has 0 aliphatic carbocycles. The Morgan fingerprint density at radius 1 is 1.71 bits per heavy atom. The van der Waals surface area contributed by atoms with Gasteiger partial charge in [-0.3, -0.25) is 0 Å². The molecular weight excluding hydrogens is 116 g/mol. The molecule has 0 aromatic heterocycles. The first-order valence-electron chi connectivity index (χ1n) is 1.66. The van der Waals surface area contributed by atoms with Gasteiger partial charge in [0.15, 0.2) is 12.3 Å². The van der Waals surface area contributed by atoms with Crippen LogP contribution in [-0.2, 0) is 8.37 Å². The molecule has 0 spiro atoms. The predicted octanol–water partition coefficient (Wildman–Crippen LogP) is 0.428. The number of aliphatic hydroxyl groups is 1. The van der Waals surface area contributed by atoms with Crippen LogP contribution in [-0.4, -0.2) is 11.1 Å². The molecule has 0 radical (unpaired) electrons.